The second kappa shape index (κ2) is 7.28. The molecule has 0 amide bonds. The summed E-state index contributed by atoms with van der Waals surface area (Å²) in [5, 5.41) is 9.47. The first kappa shape index (κ1) is 16.2. The van der Waals surface area contributed by atoms with Crippen LogP contribution in [0.1, 0.15) is 29.7 Å². The molecule has 0 aromatic carbocycles. The zero-order valence-corrected chi connectivity index (χ0v) is 13.7. The lowest BCUT2D eigenvalue weighted by Gasteiger charge is -2.33. The van der Waals surface area contributed by atoms with E-state index in [1.807, 2.05) is 19.1 Å². The summed E-state index contributed by atoms with van der Waals surface area (Å²) in [4.78, 5) is 14.9. The second-order valence-electron chi connectivity index (χ2n) is 5.99. The Morgan fingerprint density at radius 2 is 2.25 bits per heavy atom. The summed E-state index contributed by atoms with van der Waals surface area (Å²) in [5.74, 6) is 7.57. The predicted molar refractivity (Wildman–Crippen MR) is 93.4 cm³/mol. The van der Waals surface area contributed by atoms with E-state index < -0.39 is 0 Å². The van der Waals surface area contributed by atoms with Crippen molar-refractivity contribution in [3.63, 3.8) is 0 Å². The largest absolute Gasteiger partial charge is 0.396 e. The lowest BCUT2D eigenvalue weighted by Crippen LogP contribution is -2.38. The van der Waals surface area contributed by atoms with Crippen LogP contribution in [-0.4, -0.2) is 39.8 Å². The maximum atomic E-state index is 9.47. The Kier molecular flexibility index (Phi) is 4.92. The van der Waals surface area contributed by atoms with Crippen molar-refractivity contribution in [3.8, 4) is 11.8 Å². The van der Waals surface area contributed by atoms with Gasteiger partial charge in [-0.3, -0.25) is 4.98 Å². The Morgan fingerprint density at radius 3 is 3.00 bits per heavy atom. The van der Waals surface area contributed by atoms with Crippen LogP contribution in [0.4, 0.5) is 11.8 Å². The number of anilines is 2. The van der Waals surface area contributed by atoms with Gasteiger partial charge in [0.25, 0.3) is 0 Å². The predicted octanol–water partition coefficient (Wildman–Crippen LogP) is 1.37. The van der Waals surface area contributed by atoms with E-state index >= 15 is 0 Å². The van der Waals surface area contributed by atoms with Gasteiger partial charge < -0.3 is 15.7 Å². The standard InChI is InChI=1S/C18H21N5O/c1-13-16(7-6-14-4-2-8-20-10-14)17(22-18(19)21-13)23-9-3-5-15(11-23)12-24/h2,4,8,10,15,24H,3,5,9,11-12H2,1H3,(H2,19,21,22). The molecule has 2 aromatic heterocycles. The van der Waals surface area contributed by atoms with Gasteiger partial charge in [0.05, 0.1) is 11.3 Å². The quantitative estimate of drug-likeness (QED) is 0.812. The fourth-order valence-electron chi connectivity index (χ4n) is 2.93. The molecule has 1 atom stereocenters. The highest BCUT2D eigenvalue weighted by Gasteiger charge is 2.23. The van der Waals surface area contributed by atoms with Gasteiger partial charge >= 0.3 is 0 Å². The Labute approximate surface area is 141 Å². The van der Waals surface area contributed by atoms with Crippen molar-refractivity contribution in [2.75, 3.05) is 30.3 Å². The third kappa shape index (κ3) is 3.63. The second-order valence-corrected chi connectivity index (χ2v) is 5.99. The van der Waals surface area contributed by atoms with Gasteiger partial charge in [-0.1, -0.05) is 11.8 Å². The molecular formula is C18H21N5O. The molecule has 0 saturated carbocycles. The van der Waals surface area contributed by atoms with Crippen LogP contribution in [0.5, 0.6) is 0 Å². The number of hydrogen-bond acceptors (Lipinski definition) is 6. The summed E-state index contributed by atoms with van der Waals surface area (Å²) < 4.78 is 0. The third-order valence-corrected chi connectivity index (χ3v) is 4.16. The van der Waals surface area contributed by atoms with Crippen molar-refractivity contribution in [2.24, 2.45) is 5.92 Å². The topological polar surface area (TPSA) is 88.2 Å². The smallest absolute Gasteiger partial charge is 0.222 e. The molecular weight excluding hydrogens is 302 g/mol. The SMILES string of the molecule is Cc1nc(N)nc(N2CCCC(CO)C2)c1C#Cc1cccnc1. The summed E-state index contributed by atoms with van der Waals surface area (Å²) in [6, 6.07) is 3.77. The average Bonchev–Trinajstić information content (AvgIpc) is 2.61. The summed E-state index contributed by atoms with van der Waals surface area (Å²) in [5.41, 5.74) is 8.24. The fraction of sp³-hybridized carbons (Fsp3) is 0.389. The Morgan fingerprint density at radius 1 is 1.38 bits per heavy atom. The maximum Gasteiger partial charge on any atom is 0.222 e. The molecule has 0 aliphatic carbocycles. The highest BCUT2D eigenvalue weighted by molar-refractivity contribution is 5.61. The monoisotopic (exact) mass is 323 g/mol. The first-order chi connectivity index (χ1) is 11.7. The lowest BCUT2D eigenvalue weighted by atomic mass is 9.98. The zero-order valence-electron chi connectivity index (χ0n) is 13.7. The van der Waals surface area contributed by atoms with Crippen LogP contribution in [0, 0.1) is 24.7 Å². The van der Waals surface area contributed by atoms with Gasteiger partial charge in [0.1, 0.15) is 5.82 Å². The van der Waals surface area contributed by atoms with Crippen LogP contribution in [0.2, 0.25) is 0 Å². The van der Waals surface area contributed by atoms with Gasteiger partial charge in [0, 0.05) is 37.7 Å². The fourth-order valence-corrected chi connectivity index (χ4v) is 2.93. The van der Waals surface area contributed by atoms with Crippen molar-refractivity contribution in [3.05, 3.63) is 41.3 Å². The molecule has 3 N–H and O–H groups in total. The number of aliphatic hydroxyl groups excluding tert-OH is 1. The van der Waals surface area contributed by atoms with E-state index in [0.29, 0.717) is 0 Å². The van der Waals surface area contributed by atoms with Gasteiger partial charge in [-0.2, -0.15) is 4.98 Å². The van der Waals surface area contributed by atoms with Crippen LogP contribution in [0.3, 0.4) is 0 Å². The molecule has 1 fully saturated rings. The van der Waals surface area contributed by atoms with Crippen LogP contribution in [0.25, 0.3) is 0 Å². The number of aromatic nitrogens is 3. The number of aryl methyl sites for hydroxylation is 1. The molecule has 1 aliphatic rings. The number of nitrogens with two attached hydrogens (primary N) is 1. The highest BCUT2D eigenvalue weighted by Crippen LogP contribution is 2.26. The molecule has 1 unspecified atom stereocenters. The van der Waals surface area contributed by atoms with E-state index in [-0.39, 0.29) is 18.5 Å². The van der Waals surface area contributed by atoms with E-state index in [0.717, 1.165) is 48.6 Å². The zero-order chi connectivity index (χ0) is 16.9. The van der Waals surface area contributed by atoms with Crippen molar-refractivity contribution in [1.82, 2.24) is 15.0 Å². The molecule has 0 spiro atoms. The molecule has 1 saturated heterocycles. The van der Waals surface area contributed by atoms with Crippen LogP contribution in [0.15, 0.2) is 24.5 Å². The van der Waals surface area contributed by atoms with E-state index in [4.69, 9.17) is 5.73 Å². The number of nitrogen functional groups attached to an aromatic ring is 1. The molecule has 24 heavy (non-hydrogen) atoms. The molecule has 124 valence electrons. The van der Waals surface area contributed by atoms with Gasteiger partial charge in [0.2, 0.25) is 5.95 Å². The Balaban J connectivity index is 1.98. The normalized spacial score (nSPS) is 17.2. The molecule has 3 rings (SSSR count). The first-order valence-electron chi connectivity index (χ1n) is 8.09. The van der Waals surface area contributed by atoms with E-state index in [2.05, 4.69) is 31.7 Å². The molecule has 6 nitrogen and oxygen atoms in total. The minimum absolute atomic E-state index is 0.187. The van der Waals surface area contributed by atoms with Crippen molar-refractivity contribution in [2.45, 2.75) is 19.8 Å². The average molecular weight is 323 g/mol. The van der Waals surface area contributed by atoms with Gasteiger partial charge in [0.15, 0.2) is 0 Å². The summed E-state index contributed by atoms with van der Waals surface area (Å²) >= 11 is 0. The van der Waals surface area contributed by atoms with E-state index in [9.17, 15) is 5.11 Å². The van der Waals surface area contributed by atoms with Gasteiger partial charge in [-0.05, 0) is 37.8 Å². The molecule has 1 aliphatic heterocycles. The lowest BCUT2D eigenvalue weighted by molar-refractivity contribution is 0.208. The number of piperidine rings is 1. The Hall–Kier alpha value is -2.65. The van der Waals surface area contributed by atoms with Crippen LogP contribution in [-0.2, 0) is 0 Å². The molecule has 2 aromatic rings. The number of hydrogen-bond donors (Lipinski definition) is 2. The summed E-state index contributed by atoms with van der Waals surface area (Å²) in [7, 11) is 0. The highest BCUT2D eigenvalue weighted by atomic mass is 16.3. The van der Waals surface area contributed by atoms with Gasteiger partial charge in [-0.25, -0.2) is 4.98 Å². The molecule has 6 heteroatoms. The minimum Gasteiger partial charge on any atom is -0.396 e. The third-order valence-electron chi connectivity index (χ3n) is 4.16. The van der Waals surface area contributed by atoms with Gasteiger partial charge in [-0.15, -0.1) is 0 Å². The van der Waals surface area contributed by atoms with Crippen LogP contribution < -0.4 is 10.6 Å². The van der Waals surface area contributed by atoms with Crippen molar-refractivity contribution < 1.29 is 5.11 Å². The Bertz CT molecular complexity index is 766. The number of pyridine rings is 1. The van der Waals surface area contributed by atoms with Crippen molar-refractivity contribution >= 4 is 11.8 Å². The molecule has 0 bridgehead atoms. The van der Waals surface area contributed by atoms with E-state index in [1.165, 1.54) is 0 Å². The molecule has 3 heterocycles. The van der Waals surface area contributed by atoms with E-state index in [1.54, 1.807) is 12.4 Å². The number of nitrogens with zero attached hydrogens (tertiary/aromatic N) is 4. The summed E-state index contributed by atoms with van der Waals surface area (Å²) in [6.07, 6.45) is 5.49. The number of aliphatic hydroxyl groups is 1. The van der Waals surface area contributed by atoms with Crippen molar-refractivity contribution in [1.29, 1.82) is 0 Å². The molecule has 0 radical (unpaired) electrons. The van der Waals surface area contributed by atoms with Crippen LogP contribution >= 0.6 is 0 Å². The number of rotatable bonds is 2. The summed E-state index contributed by atoms with van der Waals surface area (Å²) in [6.45, 7) is 3.72. The maximum absolute atomic E-state index is 9.47. The minimum atomic E-state index is 0.187. The first-order valence-corrected chi connectivity index (χ1v) is 8.09.